The smallest absolute Gasteiger partial charge is 0.336 e. The Morgan fingerprint density at radius 1 is 0.958 bits per heavy atom. The minimum Gasteiger partial charge on any atom is -0.478 e. The first kappa shape index (κ1) is 16.0. The second kappa shape index (κ2) is 5.98. The van der Waals surface area contributed by atoms with Gasteiger partial charge in [-0.2, -0.15) is 0 Å². The summed E-state index contributed by atoms with van der Waals surface area (Å²) >= 11 is 0. The van der Waals surface area contributed by atoms with E-state index in [4.69, 9.17) is 5.11 Å². The Kier molecular flexibility index (Phi) is 3.99. The zero-order valence-electron chi connectivity index (χ0n) is 12.9. The molecule has 122 valence electrons. The van der Waals surface area contributed by atoms with Gasteiger partial charge in [0.05, 0.1) is 16.1 Å². The number of sulfonamides is 1. The molecule has 0 aliphatic carbocycles. The first-order chi connectivity index (χ1) is 11.4. The molecule has 0 heterocycles. The van der Waals surface area contributed by atoms with Gasteiger partial charge in [-0.1, -0.05) is 36.4 Å². The van der Waals surface area contributed by atoms with Crippen LogP contribution >= 0.6 is 0 Å². The van der Waals surface area contributed by atoms with Crippen LogP contribution in [0, 0.1) is 6.92 Å². The lowest BCUT2D eigenvalue weighted by atomic mass is 10.1. The number of benzene rings is 3. The molecule has 3 rings (SSSR count). The van der Waals surface area contributed by atoms with Crippen molar-refractivity contribution in [3.63, 3.8) is 0 Å². The Morgan fingerprint density at radius 2 is 1.67 bits per heavy atom. The number of fused-ring (bicyclic) bond motifs is 1. The Morgan fingerprint density at radius 3 is 2.38 bits per heavy atom. The molecule has 2 N–H and O–H groups in total. The molecule has 6 heteroatoms. The number of hydrogen-bond donors (Lipinski definition) is 2. The van der Waals surface area contributed by atoms with Crippen LogP contribution in [-0.4, -0.2) is 19.5 Å². The SMILES string of the molecule is Cc1c(NS(=O)(=O)c2ccc3ccccc3c2)cccc1C(=O)O. The predicted molar refractivity (Wildman–Crippen MR) is 92.9 cm³/mol. The number of nitrogens with one attached hydrogen (secondary N) is 1. The third-order valence-electron chi connectivity index (χ3n) is 3.84. The Hall–Kier alpha value is -2.86. The third-order valence-corrected chi connectivity index (χ3v) is 5.20. The van der Waals surface area contributed by atoms with Gasteiger partial charge >= 0.3 is 5.97 Å². The van der Waals surface area contributed by atoms with Crippen LogP contribution in [0.15, 0.2) is 65.6 Å². The van der Waals surface area contributed by atoms with E-state index in [1.807, 2.05) is 24.3 Å². The molecule has 0 saturated heterocycles. The van der Waals surface area contributed by atoms with Crippen LogP contribution in [0.2, 0.25) is 0 Å². The molecule has 0 unspecified atom stereocenters. The second-order valence-corrected chi connectivity index (χ2v) is 7.08. The topological polar surface area (TPSA) is 83.5 Å². The van der Waals surface area contributed by atoms with E-state index >= 15 is 0 Å². The van der Waals surface area contributed by atoms with Gasteiger partial charge in [0.1, 0.15) is 0 Å². The summed E-state index contributed by atoms with van der Waals surface area (Å²) in [6, 6.07) is 16.8. The molecule has 0 spiro atoms. The number of rotatable bonds is 4. The zero-order chi connectivity index (χ0) is 17.3. The van der Waals surface area contributed by atoms with Crippen molar-refractivity contribution >= 4 is 32.5 Å². The molecule has 24 heavy (non-hydrogen) atoms. The standard InChI is InChI=1S/C18H15NO4S/c1-12-16(18(20)21)7-4-8-17(12)19-24(22,23)15-10-9-13-5-2-3-6-14(13)11-15/h2-11,19H,1H3,(H,20,21). The Labute approximate surface area is 139 Å². The molecule has 0 fully saturated rings. The summed E-state index contributed by atoms with van der Waals surface area (Å²) in [5.41, 5.74) is 0.686. The molecule has 0 aromatic heterocycles. The quantitative estimate of drug-likeness (QED) is 0.759. The fourth-order valence-electron chi connectivity index (χ4n) is 2.52. The normalized spacial score (nSPS) is 11.4. The summed E-state index contributed by atoms with van der Waals surface area (Å²) < 4.78 is 27.7. The third kappa shape index (κ3) is 2.96. The highest BCUT2D eigenvalue weighted by Gasteiger charge is 2.18. The second-order valence-electron chi connectivity index (χ2n) is 5.40. The van der Waals surface area contributed by atoms with E-state index in [9.17, 15) is 13.2 Å². The van der Waals surface area contributed by atoms with Crippen LogP contribution in [-0.2, 0) is 10.0 Å². The molecule has 0 aliphatic heterocycles. The molecule has 0 saturated carbocycles. The maximum absolute atomic E-state index is 12.6. The van der Waals surface area contributed by atoms with Gasteiger partial charge in [-0.05, 0) is 47.5 Å². The zero-order valence-corrected chi connectivity index (χ0v) is 13.7. The molecule has 3 aromatic carbocycles. The summed E-state index contributed by atoms with van der Waals surface area (Å²) in [5.74, 6) is -1.10. The number of carboxylic acid groups (broad SMARTS) is 1. The Balaban J connectivity index is 2.02. The van der Waals surface area contributed by atoms with Gasteiger partial charge in [0, 0.05) is 0 Å². The molecule has 0 bridgehead atoms. The Bertz CT molecular complexity index is 1040. The highest BCUT2D eigenvalue weighted by atomic mass is 32.2. The lowest BCUT2D eigenvalue weighted by molar-refractivity contribution is 0.0696. The van der Waals surface area contributed by atoms with Crippen molar-refractivity contribution in [1.29, 1.82) is 0 Å². The highest BCUT2D eigenvalue weighted by molar-refractivity contribution is 7.92. The van der Waals surface area contributed by atoms with Gasteiger partial charge in [0.2, 0.25) is 0 Å². The first-order valence-electron chi connectivity index (χ1n) is 7.23. The van der Waals surface area contributed by atoms with Gasteiger partial charge in [-0.25, -0.2) is 13.2 Å². The maximum Gasteiger partial charge on any atom is 0.336 e. The lowest BCUT2D eigenvalue weighted by Gasteiger charge is -2.12. The molecule has 5 nitrogen and oxygen atoms in total. The first-order valence-corrected chi connectivity index (χ1v) is 8.71. The summed E-state index contributed by atoms with van der Waals surface area (Å²) in [5, 5.41) is 10.9. The minimum atomic E-state index is -3.81. The number of aromatic carboxylic acids is 1. The van der Waals surface area contributed by atoms with E-state index in [1.165, 1.54) is 18.2 Å². The van der Waals surface area contributed by atoms with E-state index in [2.05, 4.69) is 4.72 Å². The fourth-order valence-corrected chi connectivity index (χ4v) is 3.67. The highest BCUT2D eigenvalue weighted by Crippen LogP contribution is 2.24. The summed E-state index contributed by atoms with van der Waals surface area (Å²) in [7, 11) is -3.81. The average Bonchev–Trinajstić information content (AvgIpc) is 2.56. The van der Waals surface area contributed by atoms with Crippen molar-refractivity contribution in [2.45, 2.75) is 11.8 Å². The number of carbonyl (C=O) groups is 1. The van der Waals surface area contributed by atoms with Crippen molar-refractivity contribution in [3.05, 3.63) is 71.8 Å². The van der Waals surface area contributed by atoms with Crippen LogP contribution in [0.1, 0.15) is 15.9 Å². The largest absolute Gasteiger partial charge is 0.478 e. The van der Waals surface area contributed by atoms with E-state index < -0.39 is 16.0 Å². The van der Waals surface area contributed by atoms with Gasteiger partial charge in [0.15, 0.2) is 0 Å². The van der Waals surface area contributed by atoms with Crippen LogP contribution in [0.4, 0.5) is 5.69 Å². The number of hydrogen-bond acceptors (Lipinski definition) is 3. The summed E-state index contributed by atoms with van der Waals surface area (Å²) in [4.78, 5) is 11.3. The molecule has 0 radical (unpaired) electrons. The number of anilines is 1. The van der Waals surface area contributed by atoms with E-state index in [-0.39, 0.29) is 16.1 Å². The van der Waals surface area contributed by atoms with Gasteiger partial charge in [0.25, 0.3) is 10.0 Å². The summed E-state index contributed by atoms with van der Waals surface area (Å²) in [6.45, 7) is 1.57. The van der Waals surface area contributed by atoms with Crippen LogP contribution in [0.3, 0.4) is 0 Å². The van der Waals surface area contributed by atoms with Crippen molar-refractivity contribution in [3.8, 4) is 0 Å². The van der Waals surface area contributed by atoms with Crippen LogP contribution in [0.5, 0.6) is 0 Å². The van der Waals surface area contributed by atoms with Crippen molar-refractivity contribution < 1.29 is 18.3 Å². The number of carboxylic acids is 1. The minimum absolute atomic E-state index is 0.0636. The molecule has 0 aliphatic rings. The van der Waals surface area contributed by atoms with E-state index in [1.54, 1.807) is 25.1 Å². The van der Waals surface area contributed by atoms with E-state index in [0.717, 1.165) is 10.8 Å². The maximum atomic E-state index is 12.6. The fraction of sp³-hybridized carbons (Fsp3) is 0.0556. The monoisotopic (exact) mass is 341 g/mol. The van der Waals surface area contributed by atoms with Crippen molar-refractivity contribution in [2.24, 2.45) is 0 Å². The van der Waals surface area contributed by atoms with Crippen LogP contribution in [0.25, 0.3) is 10.8 Å². The molecule has 3 aromatic rings. The summed E-state index contributed by atoms with van der Waals surface area (Å²) in [6.07, 6.45) is 0. The molecular weight excluding hydrogens is 326 g/mol. The van der Waals surface area contributed by atoms with Gasteiger partial charge in [-0.3, -0.25) is 4.72 Å². The van der Waals surface area contributed by atoms with Crippen molar-refractivity contribution in [2.75, 3.05) is 4.72 Å². The van der Waals surface area contributed by atoms with E-state index in [0.29, 0.717) is 5.56 Å². The van der Waals surface area contributed by atoms with Gasteiger partial charge < -0.3 is 5.11 Å². The molecule has 0 amide bonds. The molecular formula is C18H15NO4S. The van der Waals surface area contributed by atoms with Crippen LogP contribution < -0.4 is 4.72 Å². The van der Waals surface area contributed by atoms with Crippen molar-refractivity contribution in [1.82, 2.24) is 0 Å². The van der Waals surface area contributed by atoms with Gasteiger partial charge in [-0.15, -0.1) is 0 Å². The average molecular weight is 341 g/mol. The lowest BCUT2D eigenvalue weighted by Crippen LogP contribution is -2.14. The molecule has 0 atom stereocenters. The predicted octanol–water partition coefficient (Wildman–Crippen LogP) is 3.65.